The fourth-order valence-corrected chi connectivity index (χ4v) is 2.77. The van der Waals surface area contributed by atoms with Crippen LogP contribution in [0, 0.1) is 6.92 Å². The highest BCUT2D eigenvalue weighted by molar-refractivity contribution is 5.76. The smallest absolute Gasteiger partial charge is 0.265 e. The van der Waals surface area contributed by atoms with Gasteiger partial charge in [0.25, 0.3) is 5.89 Å². The minimum Gasteiger partial charge on any atom is -0.419 e. The summed E-state index contributed by atoms with van der Waals surface area (Å²) < 4.78 is 7.54. The Morgan fingerprint density at radius 3 is 2.73 bits per heavy atom. The van der Waals surface area contributed by atoms with Gasteiger partial charge in [0.15, 0.2) is 0 Å². The number of amides is 1. The van der Waals surface area contributed by atoms with Gasteiger partial charge in [-0.2, -0.15) is 5.10 Å². The topological polar surface area (TPSA) is 77.1 Å². The zero-order valence-electron chi connectivity index (χ0n) is 15.3. The predicted molar refractivity (Wildman–Crippen MR) is 97.2 cm³/mol. The van der Waals surface area contributed by atoms with E-state index in [9.17, 15) is 4.79 Å². The second kappa shape index (κ2) is 7.95. The van der Waals surface area contributed by atoms with E-state index in [0.717, 1.165) is 23.5 Å². The number of carbonyl (C=O) groups is 1. The molecule has 3 rings (SSSR count). The Labute approximate surface area is 152 Å². The highest BCUT2D eigenvalue weighted by Crippen LogP contribution is 2.19. The van der Waals surface area contributed by atoms with E-state index in [1.54, 1.807) is 11.9 Å². The van der Waals surface area contributed by atoms with Crippen molar-refractivity contribution in [1.29, 1.82) is 0 Å². The average molecular weight is 353 g/mol. The first kappa shape index (κ1) is 17.8. The SMILES string of the molecule is CCn1nc(C)cc1-c1nnc(CCC(=O)N(C)Cc2ccccc2)o1. The number of aromatic nitrogens is 4. The maximum atomic E-state index is 12.3. The second-order valence-electron chi connectivity index (χ2n) is 6.22. The highest BCUT2D eigenvalue weighted by Gasteiger charge is 2.16. The van der Waals surface area contributed by atoms with E-state index in [4.69, 9.17) is 4.42 Å². The summed E-state index contributed by atoms with van der Waals surface area (Å²) in [5.41, 5.74) is 2.81. The lowest BCUT2D eigenvalue weighted by Gasteiger charge is -2.16. The van der Waals surface area contributed by atoms with Crippen molar-refractivity contribution in [3.05, 3.63) is 53.5 Å². The zero-order valence-corrected chi connectivity index (χ0v) is 15.3. The number of benzene rings is 1. The number of rotatable bonds is 7. The molecule has 0 radical (unpaired) electrons. The molecule has 0 saturated heterocycles. The molecule has 0 fully saturated rings. The van der Waals surface area contributed by atoms with Gasteiger partial charge < -0.3 is 9.32 Å². The lowest BCUT2D eigenvalue weighted by atomic mass is 10.2. The molecule has 1 amide bonds. The Morgan fingerprint density at radius 1 is 1.23 bits per heavy atom. The monoisotopic (exact) mass is 353 g/mol. The van der Waals surface area contributed by atoms with Crippen LogP contribution < -0.4 is 0 Å². The zero-order chi connectivity index (χ0) is 18.5. The van der Waals surface area contributed by atoms with Gasteiger partial charge in [0, 0.05) is 33.0 Å². The highest BCUT2D eigenvalue weighted by atomic mass is 16.4. The van der Waals surface area contributed by atoms with E-state index in [-0.39, 0.29) is 5.91 Å². The Morgan fingerprint density at radius 2 is 2.00 bits per heavy atom. The number of hydrogen-bond donors (Lipinski definition) is 0. The molecule has 0 aliphatic rings. The van der Waals surface area contributed by atoms with E-state index in [2.05, 4.69) is 15.3 Å². The van der Waals surface area contributed by atoms with E-state index >= 15 is 0 Å². The maximum absolute atomic E-state index is 12.3. The Hall–Kier alpha value is -2.96. The number of carbonyl (C=O) groups excluding carboxylic acids is 1. The minimum absolute atomic E-state index is 0.0445. The van der Waals surface area contributed by atoms with Gasteiger partial charge >= 0.3 is 0 Å². The summed E-state index contributed by atoms with van der Waals surface area (Å²) in [5, 5.41) is 12.5. The summed E-state index contributed by atoms with van der Waals surface area (Å²) in [6, 6.07) is 11.8. The molecule has 3 aromatic rings. The summed E-state index contributed by atoms with van der Waals surface area (Å²) >= 11 is 0. The Bertz CT molecular complexity index is 869. The van der Waals surface area contributed by atoms with Crippen LogP contribution >= 0.6 is 0 Å². The predicted octanol–water partition coefficient (Wildman–Crippen LogP) is 2.85. The first-order valence-electron chi connectivity index (χ1n) is 8.72. The normalized spacial score (nSPS) is 10.9. The molecular weight excluding hydrogens is 330 g/mol. The van der Waals surface area contributed by atoms with Gasteiger partial charge in [0.05, 0.1) is 5.69 Å². The van der Waals surface area contributed by atoms with Crippen LogP contribution in [0.25, 0.3) is 11.6 Å². The van der Waals surface area contributed by atoms with Crippen molar-refractivity contribution in [3.63, 3.8) is 0 Å². The van der Waals surface area contributed by atoms with E-state index in [0.29, 0.717) is 31.2 Å². The molecule has 136 valence electrons. The van der Waals surface area contributed by atoms with Crippen molar-refractivity contribution >= 4 is 5.91 Å². The van der Waals surface area contributed by atoms with Crippen LogP contribution in [0.15, 0.2) is 40.8 Å². The molecule has 2 aromatic heterocycles. The standard InChI is InChI=1S/C19H23N5O2/c1-4-24-16(12-14(2)22-24)19-21-20-17(26-19)10-11-18(25)23(3)13-15-8-6-5-7-9-15/h5-9,12H,4,10-11,13H2,1-3H3. The molecule has 2 heterocycles. The number of aryl methyl sites for hydroxylation is 3. The molecule has 0 atom stereocenters. The molecule has 0 aliphatic heterocycles. The lowest BCUT2D eigenvalue weighted by molar-refractivity contribution is -0.130. The molecule has 7 nitrogen and oxygen atoms in total. The van der Waals surface area contributed by atoms with Crippen molar-refractivity contribution in [2.24, 2.45) is 0 Å². The van der Waals surface area contributed by atoms with Gasteiger partial charge in [-0.1, -0.05) is 30.3 Å². The Kier molecular flexibility index (Phi) is 5.46. The summed E-state index contributed by atoms with van der Waals surface area (Å²) in [6.07, 6.45) is 0.751. The first-order valence-corrected chi connectivity index (χ1v) is 8.72. The van der Waals surface area contributed by atoms with Gasteiger partial charge in [-0.15, -0.1) is 10.2 Å². The van der Waals surface area contributed by atoms with Crippen molar-refractivity contribution < 1.29 is 9.21 Å². The molecule has 0 N–H and O–H groups in total. The van der Waals surface area contributed by atoms with Crippen LogP contribution in [-0.4, -0.2) is 37.8 Å². The molecule has 0 aliphatic carbocycles. The number of hydrogen-bond acceptors (Lipinski definition) is 5. The molecule has 1 aromatic carbocycles. The van der Waals surface area contributed by atoms with Gasteiger partial charge in [0.2, 0.25) is 11.8 Å². The third-order valence-electron chi connectivity index (χ3n) is 4.13. The molecule has 0 saturated carbocycles. The lowest BCUT2D eigenvalue weighted by Crippen LogP contribution is -2.26. The fourth-order valence-electron chi connectivity index (χ4n) is 2.77. The second-order valence-corrected chi connectivity index (χ2v) is 6.22. The summed E-state index contributed by atoms with van der Waals surface area (Å²) in [6.45, 7) is 5.25. The van der Waals surface area contributed by atoms with Crippen LogP contribution in [-0.2, 0) is 24.3 Å². The van der Waals surface area contributed by atoms with Gasteiger partial charge in [-0.25, -0.2) is 0 Å². The Balaban J connectivity index is 1.58. The van der Waals surface area contributed by atoms with Crippen molar-refractivity contribution in [2.75, 3.05) is 7.05 Å². The van der Waals surface area contributed by atoms with Gasteiger partial charge in [0.1, 0.15) is 5.69 Å². The maximum Gasteiger partial charge on any atom is 0.265 e. The third-order valence-corrected chi connectivity index (χ3v) is 4.13. The molecule has 7 heteroatoms. The van der Waals surface area contributed by atoms with E-state index in [1.807, 2.05) is 54.9 Å². The van der Waals surface area contributed by atoms with Crippen LogP contribution in [0.1, 0.15) is 30.5 Å². The van der Waals surface area contributed by atoms with Crippen molar-refractivity contribution in [3.8, 4) is 11.6 Å². The molecule has 0 bridgehead atoms. The summed E-state index contributed by atoms with van der Waals surface area (Å²) in [5.74, 6) is 0.943. The number of nitrogens with zero attached hydrogens (tertiary/aromatic N) is 5. The van der Waals surface area contributed by atoms with Crippen LogP contribution in [0.2, 0.25) is 0 Å². The van der Waals surface area contributed by atoms with E-state index < -0.39 is 0 Å². The molecule has 0 unspecified atom stereocenters. The van der Waals surface area contributed by atoms with Crippen LogP contribution in [0.4, 0.5) is 0 Å². The largest absolute Gasteiger partial charge is 0.419 e. The first-order chi connectivity index (χ1) is 12.6. The van der Waals surface area contributed by atoms with Gasteiger partial charge in [-0.05, 0) is 25.5 Å². The summed E-state index contributed by atoms with van der Waals surface area (Å²) in [7, 11) is 1.80. The van der Waals surface area contributed by atoms with Crippen LogP contribution in [0.3, 0.4) is 0 Å². The fraction of sp³-hybridized carbons (Fsp3) is 0.368. The van der Waals surface area contributed by atoms with Crippen LogP contribution in [0.5, 0.6) is 0 Å². The average Bonchev–Trinajstić information content (AvgIpc) is 3.26. The molecular formula is C19H23N5O2. The quantitative estimate of drug-likeness (QED) is 0.653. The van der Waals surface area contributed by atoms with E-state index in [1.165, 1.54) is 0 Å². The summed E-state index contributed by atoms with van der Waals surface area (Å²) in [4.78, 5) is 14.0. The van der Waals surface area contributed by atoms with Crippen molar-refractivity contribution in [1.82, 2.24) is 24.9 Å². The van der Waals surface area contributed by atoms with Gasteiger partial charge in [-0.3, -0.25) is 9.48 Å². The molecule has 0 spiro atoms. The minimum atomic E-state index is 0.0445. The van der Waals surface area contributed by atoms with Crippen molar-refractivity contribution in [2.45, 2.75) is 39.8 Å². The third kappa shape index (κ3) is 4.17. The molecule has 26 heavy (non-hydrogen) atoms.